The van der Waals surface area contributed by atoms with Crippen LogP contribution in [0.15, 0.2) is 59.5 Å². The molecule has 0 spiro atoms. The zero-order valence-corrected chi connectivity index (χ0v) is 17.8. The quantitative estimate of drug-likeness (QED) is 0.631. The molecule has 0 unspecified atom stereocenters. The van der Waals surface area contributed by atoms with E-state index in [2.05, 4.69) is 0 Å². The Balaban J connectivity index is 1.55. The SMILES string of the molecule is CN(Cc1ccccc1)C(=O)COC(=O)c1ccc(S(=O)(=O)N2CCCCC2)cc1. The second-order valence-corrected chi connectivity index (χ2v) is 9.24. The zero-order valence-electron chi connectivity index (χ0n) is 17.0. The minimum Gasteiger partial charge on any atom is -0.452 e. The van der Waals surface area contributed by atoms with E-state index in [1.807, 2.05) is 30.3 Å². The van der Waals surface area contributed by atoms with Gasteiger partial charge in [-0.15, -0.1) is 0 Å². The van der Waals surface area contributed by atoms with E-state index >= 15 is 0 Å². The summed E-state index contributed by atoms with van der Waals surface area (Å²) in [5.74, 6) is -0.991. The molecule has 1 aliphatic rings. The van der Waals surface area contributed by atoms with E-state index in [9.17, 15) is 18.0 Å². The fraction of sp³-hybridized carbons (Fsp3) is 0.364. The van der Waals surface area contributed by atoms with Crippen molar-refractivity contribution >= 4 is 21.9 Å². The van der Waals surface area contributed by atoms with Crippen molar-refractivity contribution in [2.75, 3.05) is 26.7 Å². The zero-order chi connectivity index (χ0) is 21.6. The van der Waals surface area contributed by atoms with Gasteiger partial charge in [-0.25, -0.2) is 13.2 Å². The Labute approximate surface area is 177 Å². The van der Waals surface area contributed by atoms with Crippen LogP contribution in [0.2, 0.25) is 0 Å². The van der Waals surface area contributed by atoms with Gasteiger partial charge in [-0.2, -0.15) is 4.31 Å². The number of ether oxygens (including phenoxy) is 1. The Morgan fingerprint density at radius 3 is 2.23 bits per heavy atom. The number of likely N-dealkylation sites (N-methyl/N-ethyl adjacent to an activating group) is 1. The second-order valence-electron chi connectivity index (χ2n) is 7.30. The number of nitrogens with zero attached hydrogens (tertiary/aromatic N) is 2. The van der Waals surface area contributed by atoms with Gasteiger partial charge in [0.05, 0.1) is 10.5 Å². The lowest BCUT2D eigenvalue weighted by atomic mass is 10.2. The number of sulfonamides is 1. The average molecular weight is 431 g/mol. The lowest BCUT2D eigenvalue weighted by Gasteiger charge is -2.25. The molecule has 3 rings (SSSR count). The van der Waals surface area contributed by atoms with Crippen molar-refractivity contribution in [3.05, 3.63) is 65.7 Å². The van der Waals surface area contributed by atoms with Crippen LogP contribution in [0.4, 0.5) is 0 Å². The van der Waals surface area contributed by atoms with E-state index in [-0.39, 0.29) is 23.0 Å². The van der Waals surface area contributed by atoms with Crippen molar-refractivity contribution < 1.29 is 22.7 Å². The topological polar surface area (TPSA) is 84.0 Å². The molecule has 0 radical (unpaired) electrons. The molecule has 1 aliphatic heterocycles. The summed E-state index contributed by atoms with van der Waals surface area (Å²) in [7, 11) is -1.91. The summed E-state index contributed by atoms with van der Waals surface area (Å²) in [5, 5.41) is 0. The van der Waals surface area contributed by atoms with Crippen molar-refractivity contribution in [2.24, 2.45) is 0 Å². The Bertz CT molecular complexity index is 968. The highest BCUT2D eigenvalue weighted by Gasteiger charge is 2.26. The molecule has 0 aromatic heterocycles. The number of hydrogen-bond acceptors (Lipinski definition) is 5. The van der Waals surface area contributed by atoms with Crippen LogP contribution < -0.4 is 0 Å². The summed E-state index contributed by atoms with van der Waals surface area (Å²) in [6.07, 6.45) is 2.75. The first kappa shape index (κ1) is 22.0. The largest absolute Gasteiger partial charge is 0.452 e. The van der Waals surface area contributed by atoms with Crippen LogP contribution in [0.1, 0.15) is 35.2 Å². The molecule has 2 aromatic carbocycles. The van der Waals surface area contributed by atoms with Gasteiger partial charge in [-0.1, -0.05) is 36.8 Å². The molecule has 160 valence electrons. The van der Waals surface area contributed by atoms with E-state index in [0.717, 1.165) is 24.8 Å². The van der Waals surface area contributed by atoms with E-state index in [1.54, 1.807) is 7.05 Å². The molecule has 1 amide bonds. The van der Waals surface area contributed by atoms with Gasteiger partial charge in [-0.05, 0) is 42.7 Å². The van der Waals surface area contributed by atoms with Crippen LogP contribution in [0, 0.1) is 0 Å². The van der Waals surface area contributed by atoms with E-state index in [1.165, 1.54) is 33.5 Å². The monoisotopic (exact) mass is 430 g/mol. The molecule has 0 bridgehead atoms. The van der Waals surface area contributed by atoms with Crippen LogP contribution in [0.25, 0.3) is 0 Å². The molecule has 8 heteroatoms. The lowest BCUT2D eigenvalue weighted by Crippen LogP contribution is -2.35. The highest BCUT2D eigenvalue weighted by Crippen LogP contribution is 2.21. The van der Waals surface area contributed by atoms with Gasteiger partial charge < -0.3 is 9.64 Å². The van der Waals surface area contributed by atoms with Gasteiger partial charge in [0.25, 0.3) is 5.91 Å². The molecular formula is C22H26N2O5S. The maximum Gasteiger partial charge on any atom is 0.338 e. The van der Waals surface area contributed by atoms with Crippen molar-refractivity contribution in [3.63, 3.8) is 0 Å². The summed E-state index contributed by atoms with van der Waals surface area (Å²) in [6, 6.07) is 15.1. The smallest absolute Gasteiger partial charge is 0.338 e. The molecule has 0 N–H and O–H groups in total. The van der Waals surface area contributed by atoms with Crippen molar-refractivity contribution in [2.45, 2.75) is 30.7 Å². The van der Waals surface area contributed by atoms with Gasteiger partial charge in [0.2, 0.25) is 10.0 Å². The first-order valence-corrected chi connectivity index (χ1v) is 11.4. The number of benzene rings is 2. The molecule has 0 aliphatic carbocycles. The summed E-state index contributed by atoms with van der Waals surface area (Å²) in [4.78, 5) is 26.1. The molecule has 30 heavy (non-hydrogen) atoms. The van der Waals surface area contributed by atoms with Crippen LogP contribution in [-0.2, 0) is 26.1 Å². The maximum atomic E-state index is 12.7. The van der Waals surface area contributed by atoms with Gasteiger partial charge >= 0.3 is 5.97 Å². The first-order chi connectivity index (χ1) is 14.4. The Kier molecular flexibility index (Phi) is 7.23. The molecule has 1 saturated heterocycles. The molecule has 2 aromatic rings. The molecule has 1 heterocycles. The number of amides is 1. The number of hydrogen-bond donors (Lipinski definition) is 0. The van der Waals surface area contributed by atoms with Crippen molar-refractivity contribution in [1.82, 2.24) is 9.21 Å². The molecule has 7 nitrogen and oxygen atoms in total. The van der Waals surface area contributed by atoms with Crippen LogP contribution in [0.5, 0.6) is 0 Å². The minimum absolute atomic E-state index is 0.152. The number of esters is 1. The van der Waals surface area contributed by atoms with Gasteiger partial charge in [0.15, 0.2) is 6.61 Å². The Morgan fingerprint density at radius 1 is 0.967 bits per heavy atom. The standard InChI is InChI=1S/C22H26N2O5S/c1-23(16-18-8-4-2-5-9-18)21(25)17-29-22(26)19-10-12-20(13-11-19)30(27,28)24-14-6-3-7-15-24/h2,4-5,8-13H,3,6-7,14-17H2,1H3. The molecule has 0 saturated carbocycles. The van der Waals surface area contributed by atoms with Crippen LogP contribution >= 0.6 is 0 Å². The summed E-state index contributed by atoms with van der Waals surface area (Å²) >= 11 is 0. The maximum absolute atomic E-state index is 12.7. The normalized spacial score (nSPS) is 14.8. The highest BCUT2D eigenvalue weighted by molar-refractivity contribution is 7.89. The number of carbonyl (C=O) groups excluding carboxylic acids is 2. The summed E-state index contributed by atoms with van der Waals surface area (Å²) < 4.78 is 31.9. The van der Waals surface area contributed by atoms with Crippen LogP contribution in [-0.4, -0.2) is 56.2 Å². The fourth-order valence-electron chi connectivity index (χ4n) is 3.28. The predicted octanol–water partition coefficient (Wildman–Crippen LogP) is 2.68. The highest BCUT2D eigenvalue weighted by atomic mass is 32.2. The number of piperidine rings is 1. The first-order valence-electron chi connectivity index (χ1n) is 9.93. The predicted molar refractivity (Wildman–Crippen MR) is 112 cm³/mol. The molecule has 0 atom stereocenters. The van der Waals surface area contributed by atoms with Gasteiger partial charge in [0, 0.05) is 26.7 Å². The average Bonchev–Trinajstić information content (AvgIpc) is 2.78. The van der Waals surface area contributed by atoms with Gasteiger partial charge in [0.1, 0.15) is 0 Å². The molecular weight excluding hydrogens is 404 g/mol. The minimum atomic E-state index is -3.55. The Hall–Kier alpha value is -2.71. The third-order valence-corrected chi connectivity index (χ3v) is 6.97. The van der Waals surface area contributed by atoms with E-state index < -0.39 is 16.0 Å². The van der Waals surface area contributed by atoms with Crippen molar-refractivity contribution in [3.8, 4) is 0 Å². The summed E-state index contributed by atoms with van der Waals surface area (Å²) in [5.41, 5.74) is 1.18. The number of carbonyl (C=O) groups is 2. The van der Waals surface area contributed by atoms with E-state index in [4.69, 9.17) is 4.74 Å². The Morgan fingerprint density at radius 2 is 1.60 bits per heavy atom. The van der Waals surface area contributed by atoms with Crippen molar-refractivity contribution in [1.29, 1.82) is 0 Å². The third kappa shape index (κ3) is 5.46. The second kappa shape index (κ2) is 9.86. The van der Waals surface area contributed by atoms with E-state index in [0.29, 0.717) is 19.6 Å². The molecule has 1 fully saturated rings. The number of rotatable bonds is 7. The third-order valence-electron chi connectivity index (χ3n) is 5.06. The summed E-state index contributed by atoms with van der Waals surface area (Å²) in [6.45, 7) is 1.08. The lowest BCUT2D eigenvalue weighted by molar-refractivity contribution is -0.133. The van der Waals surface area contributed by atoms with Crippen LogP contribution in [0.3, 0.4) is 0 Å². The fourth-order valence-corrected chi connectivity index (χ4v) is 4.80. The van der Waals surface area contributed by atoms with Gasteiger partial charge in [-0.3, -0.25) is 4.79 Å².